The van der Waals surface area contributed by atoms with Crippen molar-refractivity contribution in [1.82, 2.24) is 15.8 Å². The lowest BCUT2D eigenvalue weighted by Crippen LogP contribution is -2.45. The van der Waals surface area contributed by atoms with Gasteiger partial charge in [0.1, 0.15) is 0 Å². The largest absolute Gasteiger partial charge is 0.338 e. The molecule has 1 atom stereocenters. The van der Waals surface area contributed by atoms with Crippen LogP contribution in [0.2, 0.25) is 0 Å². The quantitative estimate of drug-likeness (QED) is 0.799. The molecule has 1 saturated heterocycles. The van der Waals surface area contributed by atoms with Crippen LogP contribution in [0.4, 0.5) is 0 Å². The van der Waals surface area contributed by atoms with Gasteiger partial charge in [-0.15, -0.1) is 0 Å². The highest BCUT2D eigenvalue weighted by Crippen LogP contribution is 2.28. The third-order valence-corrected chi connectivity index (χ3v) is 4.06. The van der Waals surface area contributed by atoms with E-state index in [9.17, 15) is 14.4 Å². The molecule has 3 amide bonds. The van der Waals surface area contributed by atoms with E-state index in [-0.39, 0.29) is 30.1 Å². The summed E-state index contributed by atoms with van der Waals surface area (Å²) in [5, 5.41) is 0. The number of hydrazine groups is 1. The first-order valence-corrected chi connectivity index (χ1v) is 7.55. The predicted octanol–water partition coefficient (Wildman–Crippen LogP) is 0.592. The van der Waals surface area contributed by atoms with Gasteiger partial charge in [-0.05, 0) is 18.4 Å². The Balaban J connectivity index is 1.50. The van der Waals surface area contributed by atoms with Crippen molar-refractivity contribution in [3.8, 4) is 0 Å². The van der Waals surface area contributed by atoms with Crippen LogP contribution in [0.1, 0.15) is 24.8 Å². The van der Waals surface area contributed by atoms with Crippen LogP contribution in [0.3, 0.4) is 0 Å². The third-order valence-electron chi connectivity index (χ3n) is 4.06. The Bertz CT molecular complexity index is 584. The summed E-state index contributed by atoms with van der Waals surface area (Å²) < 4.78 is 0. The van der Waals surface area contributed by atoms with Crippen molar-refractivity contribution in [2.75, 3.05) is 6.54 Å². The zero-order valence-corrected chi connectivity index (χ0v) is 12.2. The van der Waals surface area contributed by atoms with E-state index in [1.165, 1.54) is 0 Å². The molecule has 116 valence electrons. The van der Waals surface area contributed by atoms with Crippen molar-refractivity contribution in [2.24, 2.45) is 11.8 Å². The molecule has 3 rings (SSSR count). The number of nitrogens with one attached hydrogen (secondary N) is 2. The van der Waals surface area contributed by atoms with Gasteiger partial charge in [0.25, 0.3) is 0 Å². The number of rotatable bonds is 4. The smallest absolute Gasteiger partial charge is 0.243 e. The zero-order valence-electron chi connectivity index (χ0n) is 12.2. The highest BCUT2D eigenvalue weighted by molar-refractivity contribution is 5.90. The Morgan fingerprint density at radius 3 is 2.32 bits per heavy atom. The number of carbonyl (C=O) groups is 3. The summed E-state index contributed by atoms with van der Waals surface area (Å²) in [6.07, 6.45) is 1.96. The van der Waals surface area contributed by atoms with E-state index in [1.54, 1.807) is 4.90 Å². The number of hydrogen-bond acceptors (Lipinski definition) is 3. The normalized spacial score (nSPS) is 20.8. The standard InChI is InChI=1S/C16H19N3O3/c20-14-8-13(16(22)18-17-15(21)12-6-7-12)10-19(14)9-11-4-2-1-3-5-11/h1-5,12-13H,6-10H2,(H,17,21)(H,18,22). The van der Waals surface area contributed by atoms with Gasteiger partial charge in [-0.3, -0.25) is 25.2 Å². The summed E-state index contributed by atoms with van der Waals surface area (Å²) >= 11 is 0. The molecule has 1 saturated carbocycles. The Morgan fingerprint density at radius 1 is 1.05 bits per heavy atom. The molecule has 1 aliphatic heterocycles. The maximum absolute atomic E-state index is 12.0. The minimum absolute atomic E-state index is 0.0301. The molecular weight excluding hydrogens is 282 g/mol. The first-order chi connectivity index (χ1) is 10.6. The van der Waals surface area contributed by atoms with Crippen LogP contribution in [-0.4, -0.2) is 29.2 Å². The maximum Gasteiger partial charge on any atom is 0.243 e. The molecule has 0 radical (unpaired) electrons. The van der Waals surface area contributed by atoms with Crippen molar-refractivity contribution in [2.45, 2.75) is 25.8 Å². The number of hydrogen-bond donors (Lipinski definition) is 2. The fourth-order valence-electron chi connectivity index (χ4n) is 2.58. The molecule has 22 heavy (non-hydrogen) atoms. The van der Waals surface area contributed by atoms with Crippen LogP contribution in [0, 0.1) is 11.8 Å². The van der Waals surface area contributed by atoms with E-state index >= 15 is 0 Å². The second-order valence-electron chi connectivity index (χ2n) is 5.91. The van der Waals surface area contributed by atoms with Crippen LogP contribution in [0.5, 0.6) is 0 Å². The number of amides is 3. The Kier molecular flexibility index (Phi) is 4.09. The zero-order chi connectivity index (χ0) is 15.5. The fraction of sp³-hybridized carbons (Fsp3) is 0.438. The predicted molar refractivity (Wildman–Crippen MR) is 79.0 cm³/mol. The van der Waals surface area contributed by atoms with Crippen LogP contribution >= 0.6 is 0 Å². The molecule has 1 aliphatic carbocycles. The van der Waals surface area contributed by atoms with Gasteiger partial charge in [0.05, 0.1) is 5.92 Å². The molecule has 0 bridgehead atoms. The SMILES string of the molecule is O=C(NNC(=O)C1CC(=O)N(Cc2ccccc2)C1)C1CC1. The summed E-state index contributed by atoms with van der Waals surface area (Å²) in [7, 11) is 0. The average Bonchev–Trinajstić information content (AvgIpc) is 3.31. The summed E-state index contributed by atoms with van der Waals surface area (Å²) in [6, 6.07) is 9.68. The average molecular weight is 301 g/mol. The van der Waals surface area contributed by atoms with Crippen LogP contribution in [0.25, 0.3) is 0 Å². The molecule has 0 spiro atoms. The molecule has 1 aromatic carbocycles. The van der Waals surface area contributed by atoms with Crippen LogP contribution in [0.15, 0.2) is 30.3 Å². The number of nitrogens with zero attached hydrogens (tertiary/aromatic N) is 1. The van der Waals surface area contributed by atoms with Crippen molar-refractivity contribution in [3.63, 3.8) is 0 Å². The van der Waals surface area contributed by atoms with E-state index in [0.29, 0.717) is 13.1 Å². The van der Waals surface area contributed by atoms with Crippen molar-refractivity contribution < 1.29 is 14.4 Å². The lowest BCUT2D eigenvalue weighted by atomic mass is 10.1. The van der Waals surface area contributed by atoms with E-state index in [4.69, 9.17) is 0 Å². The van der Waals surface area contributed by atoms with Gasteiger partial charge in [0, 0.05) is 25.4 Å². The van der Waals surface area contributed by atoms with Crippen LogP contribution < -0.4 is 10.9 Å². The second-order valence-corrected chi connectivity index (χ2v) is 5.91. The molecule has 6 nitrogen and oxygen atoms in total. The molecule has 1 unspecified atom stereocenters. The fourth-order valence-corrected chi connectivity index (χ4v) is 2.58. The molecule has 0 aromatic heterocycles. The maximum atomic E-state index is 12.0. The lowest BCUT2D eigenvalue weighted by Gasteiger charge is -2.16. The minimum atomic E-state index is -0.407. The van der Waals surface area contributed by atoms with E-state index < -0.39 is 5.92 Å². The Labute approximate surface area is 128 Å². The highest BCUT2D eigenvalue weighted by Gasteiger charge is 2.35. The summed E-state index contributed by atoms with van der Waals surface area (Å²) in [4.78, 5) is 37.2. The number of likely N-dealkylation sites (tertiary alicyclic amines) is 1. The monoisotopic (exact) mass is 301 g/mol. The van der Waals surface area contributed by atoms with Crippen LogP contribution in [-0.2, 0) is 20.9 Å². The van der Waals surface area contributed by atoms with Crippen molar-refractivity contribution in [3.05, 3.63) is 35.9 Å². The third kappa shape index (κ3) is 3.44. The van der Waals surface area contributed by atoms with Gasteiger partial charge in [0.15, 0.2) is 0 Å². The molecule has 6 heteroatoms. The Hall–Kier alpha value is -2.37. The van der Waals surface area contributed by atoms with Crippen molar-refractivity contribution >= 4 is 17.7 Å². The van der Waals surface area contributed by atoms with E-state index in [0.717, 1.165) is 18.4 Å². The topological polar surface area (TPSA) is 78.5 Å². The molecule has 1 aromatic rings. The van der Waals surface area contributed by atoms with Gasteiger partial charge in [-0.25, -0.2) is 0 Å². The molecule has 1 heterocycles. The van der Waals surface area contributed by atoms with Gasteiger partial charge >= 0.3 is 0 Å². The molecule has 2 aliphatic rings. The second kappa shape index (κ2) is 6.17. The first kappa shape index (κ1) is 14.6. The van der Waals surface area contributed by atoms with E-state index in [2.05, 4.69) is 10.9 Å². The van der Waals surface area contributed by atoms with Gasteiger partial charge in [-0.2, -0.15) is 0 Å². The summed E-state index contributed by atoms with van der Waals surface area (Å²) in [5.41, 5.74) is 5.91. The number of benzene rings is 1. The highest BCUT2D eigenvalue weighted by atomic mass is 16.2. The summed E-state index contributed by atoms with van der Waals surface area (Å²) in [5.74, 6) is -0.829. The first-order valence-electron chi connectivity index (χ1n) is 7.55. The molecule has 2 fully saturated rings. The Morgan fingerprint density at radius 2 is 1.68 bits per heavy atom. The summed E-state index contributed by atoms with van der Waals surface area (Å²) in [6.45, 7) is 0.900. The molecule has 2 N–H and O–H groups in total. The number of carbonyl (C=O) groups excluding carboxylic acids is 3. The van der Waals surface area contributed by atoms with Crippen molar-refractivity contribution in [1.29, 1.82) is 0 Å². The molecular formula is C16H19N3O3. The van der Waals surface area contributed by atoms with Gasteiger partial charge in [-0.1, -0.05) is 30.3 Å². The minimum Gasteiger partial charge on any atom is -0.338 e. The van der Waals surface area contributed by atoms with Gasteiger partial charge in [0.2, 0.25) is 17.7 Å². The van der Waals surface area contributed by atoms with E-state index in [1.807, 2.05) is 30.3 Å². The lowest BCUT2D eigenvalue weighted by molar-refractivity contribution is -0.132. The van der Waals surface area contributed by atoms with Gasteiger partial charge < -0.3 is 4.90 Å².